The molecule has 0 aliphatic heterocycles. The fourth-order valence-corrected chi connectivity index (χ4v) is 5.61. The summed E-state index contributed by atoms with van der Waals surface area (Å²) in [6.45, 7) is 17.4. The maximum Gasteiger partial charge on any atom is 0.119 e. The third-order valence-corrected chi connectivity index (χ3v) is 8.79. The second-order valence-corrected chi connectivity index (χ2v) is 12.7. The summed E-state index contributed by atoms with van der Waals surface area (Å²) in [4.78, 5) is 0. The molecule has 0 aliphatic carbocycles. The van der Waals surface area contributed by atoms with Crippen LogP contribution in [0, 0.1) is 0 Å². The van der Waals surface area contributed by atoms with Crippen LogP contribution < -0.4 is 9.47 Å². The standard InChI is InChI=1S/C42H48O4/c1-7-13-31-29-35(19-25-39(31)43)41(3,4)34-17-23-38(24-18-34)46-28-12-10-9-11-14-32-30-36(20-26-40(32)44)42(5,6)33-15-21-37(22-16-33)45-27-8-2/h7-10,15-26,29-30,43-44H,1-2,11-14,27-28H2,3-6H3/b10-9-. The van der Waals surface area contributed by atoms with E-state index in [-0.39, 0.29) is 10.8 Å². The van der Waals surface area contributed by atoms with Crippen molar-refractivity contribution in [3.05, 3.63) is 156 Å². The lowest BCUT2D eigenvalue weighted by atomic mass is 9.77. The zero-order chi connectivity index (χ0) is 33.2. The number of aromatic hydroxyl groups is 2. The van der Waals surface area contributed by atoms with Gasteiger partial charge in [-0.3, -0.25) is 0 Å². The predicted octanol–water partition coefficient (Wildman–Crippen LogP) is 10.0. The van der Waals surface area contributed by atoms with Gasteiger partial charge in [0.2, 0.25) is 0 Å². The fraction of sp³-hybridized carbons (Fsp3) is 0.286. The topological polar surface area (TPSA) is 58.9 Å². The number of hydrogen-bond donors (Lipinski definition) is 2. The molecular formula is C42H48O4. The van der Waals surface area contributed by atoms with E-state index in [4.69, 9.17) is 9.47 Å². The van der Waals surface area contributed by atoms with Gasteiger partial charge in [0, 0.05) is 10.8 Å². The van der Waals surface area contributed by atoms with Crippen LogP contribution in [0.1, 0.15) is 73.9 Å². The highest BCUT2D eigenvalue weighted by molar-refractivity contribution is 5.47. The molecular weight excluding hydrogens is 568 g/mol. The van der Waals surface area contributed by atoms with E-state index in [1.54, 1.807) is 12.1 Å². The zero-order valence-electron chi connectivity index (χ0n) is 27.8. The summed E-state index contributed by atoms with van der Waals surface area (Å²) in [7, 11) is 0. The highest BCUT2D eigenvalue weighted by Gasteiger charge is 2.25. The van der Waals surface area contributed by atoms with Crippen LogP contribution in [0.3, 0.4) is 0 Å². The monoisotopic (exact) mass is 616 g/mol. The summed E-state index contributed by atoms with van der Waals surface area (Å²) in [5.41, 5.74) is 6.06. The second-order valence-electron chi connectivity index (χ2n) is 12.7. The van der Waals surface area contributed by atoms with Gasteiger partial charge in [0.15, 0.2) is 0 Å². The molecule has 0 amide bonds. The summed E-state index contributed by atoms with van der Waals surface area (Å²) < 4.78 is 11.6. The summed E-state index contributed by atoms with van der Waals surface area (Å²) in [5, 5.41) is 20.7. The number of ether oxygens (including phenoxy) is 2. The van der Waals surface area contributed by atoms with Gasteiger partial charge in [-0.05, 0) is 95.5 Å². The SMILES string of the molecule is C=CCOc1ccc(C(C)(C)c2ccc(O)c(CC/C=C\CCOc3ccc(C(C)(C)c4ccc(O)c(CC=C)c4)cc3)c2)cc1. The number of phenolic OH excluding ortho intramolecular Hbond substituents is 2. The maximum absolute atomic E-state index is 10.6. The Morgan fingerprint density at radius 1 is 0.587 bits per heavy atom. The highest BCUT2D eigenvalue weighted by atomic mass is 16.5. The minimum absolute atomic E-state index is 0.221. The quantitative estimate of drug-likeness (QED) is 0.0972. The molecule has 0 unspecified atom stereocenters. The Balaban J connectivity index is 1.27. The number of aryl methyl sites for hydroxylation is 1. The van der Waals surface area contributed by atoms with E-state index < -0.39 is 0 Å². The molecule has 0 bridgehead atoms. The summed E-state index contributed by atoms with van der Waals surface area (Å²) in [5.74, 6) is 2.30. The second kappa shape index (κ2) is 15.5. The van der Waals surface area contributed by atoms with Crippen LogP contribution >= 0.6 is 0 Å². The van der Waals surface area contributed by atoms with Crippen molar-refractivity contribution in [3.63, 3.8) is 0 Å². The molecule has 0 saturated carbocycles. The Morgan fingerprint density at radius 3 is 1.61 bits per heavy atom. The van der Waals surface area contributed by atoms with Crippen molar-refractivity contribution < 1.29 is 19.7 Å². The van der Waals surface area contributed by atoms with Crippen molar-refractivity contribution >= 4 is 0 Å². The minimum atomic E-state index is -0.221. The van der Waals surface area contributed by atoms with Crippen LogP contribution in [-0.4, -0.2) is 23.4 Å². The first-order valence-electron chi connectivity index (χ1n) is 16.0. The molecule has 0 aromatic heterocycles. The Kier molecular flexibility index (Phi) is 11.5. The van der Waals surface area contributed by atoms with Crippen LogP contribution in [-0.2, 0) is 23.7 Å². The lowest BCUT2D eigenvalue weighted by Gasteiger charge is -2.27. The molecule has 240 valence electrons. The molecule has 0 atom stereocenters. The lowest BCUT2D eigenvalue weighted by molar-refractivity contribution is 0.324. The molecule has 0 heterocycles. The van der Waals surface area contributed by atoms with Crippen molar-refractivity contribution in [3.8, 4) is 23.0 Å². The molecule has 4 aromatic rings. The molecule has 4 aromatic carbocycles. The smallest absolute Gasteiger partial charge is 0.119 e. The van der Waals surface area contributed by atoms with Crippen LogP contribution in [0.15, 0.2) is 122 Å². The first-order chi connectivity index (χ1) is 22.1. The van der Waals surface area contributed by atoms with E-state index in [1.807, 2.05) is 48.5 Å². The highest BCUT2D eigenvalue weighted by Crippen LogP contribution is 2.36. The summed E-state index contributed by atoms with van der Waals surface area (Å²) >= 11 is 0. The van der Waals surface area contributed by atoms with E-state index in [0.29, 0.717) is 31.1 Å². The van der Waals surface area contributed by atoms with Crippen molar-refractivity contribution in [1.82, 2.24) is 0 Å². The Bertz CT molecular complexity index is 1630. The van der Waals surface area contributed by atoms with Gasteiger partial charge in [0.25, 0.3) is 0 Å². The number of benzene rings is 4. The molecule has 0 radical (unpaired) electrons. The van der Waals surface area contributed by atoms with E-state index in [1.165, 1.54) is 11.1 Å². The number of hydrogen-bond acceptors (Lipinski definition) is 4. The van der Waals surface area contributed by atoms with E-state index >= 15 is 0 Å². The summed E-state index contributed by atoms with van der Waals surface area (Å²) in [6, 6.07) is 28.2. The molecule has 0 aliphatic rings. The van der Waals surface area contributed by atoms with Gasteiger partial charge in [0.05, 0.1) is 6.61 Å². The molecule has 4 heteroatoms. The Morgan fingerprint density at radius 2 is 1.07 bits per heavy atom. The molecule has 0 spiro atoms. The van der Waals surface area contributed by atoms with Gasteiger partial charge in [-0.25, -0.2) is 0 Å². The van der Waals surface area contributed by atoms with Crippen molar-refractivity contribution in [2.45, 2.75) is 64.2 Å². The number of allylic oxidation sites excluding steroid dienone is 2. The van der Waals surface area contributed by atoms with E-state index in [2.05, 4.69) is 89.4 Å². The first kappa shape index (κ1) is 34.2. The van der Waals surface area contributed by atoms with Crippen LogP contribution in [0.25, 0.3) is 0 Å². The third-order valence-electron chi connectivity index (χ3n) is 8.79. The van der Waals surface area contributed by atoms with Crippen molar-refractivity contribution in [2.24, 2.45) is 0 Å². The molecule has 4 nitrogen and oxygen atoms in total. The van der Waals surface area contributed by atoms with Gasteiger partial charge in [-0.1, -0.05) is 107 Å². The van der Waals surface area contributed by atoms with E-state index in [9.17, 15) is 10.2 Å². The van der Waals surface area contributed by atoms with Crippen LogP contribution in [0.2, 0.25) is 0 Å². The summed E-state index contributed by atoms with van der Waals surface area (Å²) in [6.07, 6.45) is 10.9. The van der Waals surface area contributed by atoms with Gasteiger partial charge in [0.1, 0.15) is 29.6 Å². The van der Waals surface area contributed by atoms with Crippen LogP contribution in [0.4, 0.5) is 0 Å². The van der Waals surface area contributed by atoms with Gasteiger partial charge >= 0.3 is 0 Å². The fourth-order valence-electron chi connectivity index (χ4n) is 5.61. The first-order valence-corrected chi connectivity index (χ1v) is 16.0. The van der Waals surface area contributed by atoms with Crippen molar-refractivity contribution in [2.75, 3.05) is 13.2 Å². The van der Waals surface area contributed by atoms with E-state index in [0.717, 1.165) is 53.0 Å². The van der Waals surface area contributed by atoms with Crippen LogP contribution in [0.5, 0.6) is 23.0 Å². The third kappa shape index (κ3) is 8.51. The van der Waals surface area contributed by atoms with Gasteiger partial charge in [-0.2, -0.15) is 0 Å². The lowest BCUT2D eigenvalue weighted by Crippen LogP contribution is -2.19. The van der Waals surface area contributed by atoms with Crippen molar-refractivity contribution in [1.29, 1.82) is 0 Å². The van der Waals surface area contributed by atoms with Gasteiger partial charge in [-0.15, -0.1) is 6.58 Å². The number of phenols is 2. The van der Waals surface area contributed by atoms with Gasteiger partial charge < -0.3 is 19.7 Å². The average molecular weight is 617 g/mol. The normalized spacial score (nSPS) is 11.8. The number of rotatable bonds is 16. The molecule has 46 heavy (non-hydrogen) atoms. The maximum atomic E-state index is 10.6. The minimum Gasteiger partial charge on any atom is -0.508 e. The Hall–Kier alpha value is -4.70. The predicted molar refractivity (Wildman–Crippen MR) is 191 cm³/mol. The molecule has 0 saturated heterocycles. The largest absolute Gasteiger partial charge is 0.508 e. The molecule has 4 rings (SSSR count). The zero-order valence-corrected chi connectivity index (χ0v) is 27.8. The molecule has 0 fully saturated rings. The average Bonchev–Trinajstić information content (AvgIpc) is 3.05. The Labute approximate surface area is 275 Å². The molecule has 2 N–H and O–H groups in total.